The normalized spacial score (nSPS) is 11.8. The van der Waals surface area contributed by atoms with Crippen LogP contribution in [0.15, 0.2) is 219 Å². The largest absolute Gasteiger partial charge is 0.309 e. The van der Waals surface area contributed by atoms with Crippen LogP contribution in [0.2, 0.25) is 0 Å². The second-order valence-corrected chi connectivity index (χ2v) is 17.3. The van der Waals surface area contributed by atoms with Crippen LogP contribution in [0, 0.1) is 0 Å². The van der Waals surface area contributed by atoms with Gasteiger partial charge in [-0.15, -0.1) is 11.3 Å². The first-order chi connectivity index (χ1) is 31.2. The van der Waals surface area contributed by atoms with Crippen LogP contribution in [0.4, 0.5) is 0 Å². The van der Waals surface area contributed by atoms with Crippen molar-refractivity contribution >= 4 is 75.3 Å². The van der Waals surface area contributed by atoms with Gasteiger partial charge >= 0.3 is 0 Å². The van der Waals surface area contributed by atoms with Crippen LogP contribution in [0.5, 0.6) is 0 Å². The zero-order valence-electron chi connectivity index (χ0n) is 34.0. The van der Waals surface area contributed by atoms with Gasteiger partial charge in [0.2, 0.25) is 0 Å². The van der Waals surface area contributed by atoms with E-state index < -0.39 is 0 Å². The number of para-hydroxylation sites is 2. The quantitative estimate of drug-likeness (QED) is 0.167. The molecule has 0 fully saturated rings. The summed E-state index contributed by atoms with van der Waals surface area (Å²) in [6, 6.07) is 76.7. The third kappa shape index (κ3) is 5.82. The van der Waals surface area contributed by atoms with E-state index in [1.54, 1.807) is 11.3 Å². The first kappa shape index (κ1) is 35.6. The lowest BCUT2D eigenvalue weighted by molar-refractivity contribution is 1.08. The predicted molar refractivity (Wildman–Crippen MR) is 265 cm³/mol. The van der Waals surface area contributed by atoms with Gasteiger partial charge in [-0.05, 0) is 118 Å². The lowest BCUT2D eigenvalue weighted by Gasteiger charge is -2.13. The van der Waals surface area contributed by atoms with Crippen LogP contribution in [0.25, 0.3) is 120 Å². The maximum atomic E-state index is 5.34. The zero-order valence-corrected chi connectivity index (χ0v) is 34.8. The highest BCUT2D eigenvalue weighted by Crippen LogP contribution is 2.40. The Balaban J connectivity index is 0.920. The van der Waals surface area contributed by atoms with E-state index in [4.69, 9.17) is 9.97 Å². The van der Waals surface area contributed by atoms with Crippen LogP contribution in [0.1, 0.15) is 0 Å². The fourth-order valence-electron chi connectivity index (χ4n) is 9.62. The van der Waals surface area contributed by atoms with Crippen molar-refractivity contribution < 1.29 is 0 Å². The van der Waals surface area contributed by atoms with Gasteiger partial charge in [0.05, 0.1) is 38.0 Å². The number of aromatic nitrogens is 4. The van der Waals surface area contributed by atoms with Gasteiger partial charge < -0.3 is 4.57 Å². The molecular weight excluding hydrogens is 785 g/mol. The fourth-order valence-corrected chi connectivity index (χ4v) is 10.7. The molecule has 8 aromatic carbocycles. The molecule has 0 radical (unpaired) electrons. The van der Waals surface area contributed by atoms with Crippen molar-refractivity contribution in [2.45, 2.75) is 0 Å². The molecular formula is C58H36N4S. The van der Waals surface area contributed by atoms with Gasteiger partial charge in [0.25, 0.3) is 0 Å². The highest BCUT2D eigenvalue weighted by molar-refractivity contribution is 7.25. The Morgan fingerprint density at radius 3 is 1.63 bits per heavy atom. The molecule has 13 rings (SSSR count). The summed E-state index contributed by atoms with van der Waals surface area (Å²) in [6.45, 7) is 0. The van der Waals surface area contributed by atoms with Crippen LogP contribution < -0.4 is 0 Å². The van der Waals surface area contributed by atoms with E-state index in [1.807, 2.05) is 12.3 Å². The van der Waals surface area contributed by atoms with Crippen LogP contribution in [0.3, 0.4) is 0 Å². The summed E-state index contributed by atoms with van der Waals surface area (Å²) in [5.41, 5.74) is 15.9. The number of fused-ring (bicyclic) bond motifs is 9. The van der Waals surface area contributed by atoms with Gasteiger partial charge in [0.1, 0.15) is 5.82 Å². The Morgan fingerprint density at radius 2 is 0.921 bits per heavy atom. The van der Waals surface area contributed by atoms with Gasteiger partial charge in [-0.25, -0.2) is 4.98 Å². The topological polar surface area (TPSA) is 35.6 Å². The Bertz CT molecular complexity index is 3860. The number of hydrogen-bond acceptors (Lipinski definition) is 3. The summed E-state index contributed by atoms with van der Waals surface area (Å²) in [7, 11) is 0. The second-order valence-electron chi connectivity index (χ2n) is 16.2. The monoisotopic (exact) mass is 820 g/mol. The van der Waals surface area contributed by atoms with E-state index in [9.17, 15) is 0 Å². The summed E-state index contributed by atoms with van der Waals surface area (Å²) in [5.74, 6) is 0.894. The predicted octanol–water partition coefficient (Wildman–Crippen LogP) is 15.7. The minimum atomic E-state index is 0.894. The molecule has 4 nitrogen and oxygen atoms in total. The van der Waals surface area contributed by atoms with Crippen LogP contribution in [-0.2, 0) is 0 Å². The van der Waals surface area contributed by atoms with Crippen molar-refractivity contribution in [1.29, 1.82) is 0 Å². The molecule has 0 saturated carbocycles. The van der Waals surface area contributed by atoms with Gasteiger partial charge in [0, 0.05) is 49.1 Å². The lowest BCUT2D eigenvalue weighted by atomic mass is 9.97. The number of thiophene rings is 1. The molecule has 0 spiro atoms. The summed E-state index contributed by atoms with van der Waals surface area (Å²) < 4.78 is 7.19. The van der Waals surface area contributed by atoms with Crippen molar-refractivity contribution in [3.8, 4) is 56.1 Å². The van der Waals surface area contributed by atoms with Crippen molar-refractivity contribution in [2.75, 3.05) is 0 Å². The van der Waals surface area contributed by atoms with E-state index in [1.165, 1.54) is 69.6 Å². The molecule has 0 aliphatic rings. The van der Waals surface area contributed by atoms with Crippen molar-refractivity contribution in [2.24, 2.45) is 0 Å². The molecule has 5 aromatic heterocycles. The van der Waals surface area contributed by atoms with E-state index >= 15 is 0 Å². The number of pyridine rings is 2. The first-order valence-electron chi connectivity index (χ1n) is 21.3. The molecule has 0 amide bonds. The number of rotatable bonds is 6. The molecule has 0 saturated heterocycles. The molecule has 0 aliphatic heterocycles. The maximum Gasteiger partial charge on any atom is 0.138 e. The summed E-state index contributed by atoms with van der Waals surface area (Å²) >= 11 is 1.80. The molecule has 0 unspecified atom stereocenters. The van der Waals surface area contributed by atoms with Gasteiger partial charge in [-0.2, -0.15) is 0 Å². The molecule has 294 valence electrons. The third-order valence-corrected chi connectivity index (χ3v) is 13.7. The zero-order chi connectivity index (χ0) is 41.4. The molecule has 0 bridgehead atoms. The van der Waals surface area contributed by atoms with Crippen molar-refractivity contribution in [3.05, 3.63) is 219 Å². The average molecular weight is 821 g/mol. The average Bonchev–Trinajstić information content (AvgIpc) is 4.01. The third-order valence-electron chi connectivity index (χ3n) is 12.6. The number of benzene rings is 8. The smallest absolute Gasteiger partial charge is 0.138 e. The fraction of sp³-hybridized carbons (Fsp3) is 0. The van der Waals surface area contributed by atoms with Crippen LogP contribution in [-0.4, -0.2) is 19.1 Å². The minimum Gasteiger partial charge on any atom is -0.309 e. The first-order valence-corrected chi connectivity index (χ1v) is 22.1. The number of hydrogen-bond donors (Lipinski definition) is 0. The number of nitrogens with zero attached hydrogens (tertiary/aromatic N) is 4. The van der Waals surface area contributed by atoms with E-state index in [2.05, 4.69) is 215 Å². The highest BCUT2D eigenvalue weighted by Gasteiger charge is 2.18. The van der Waals surface area contributed by atoms with Crippen molar-refractivity contribution in [1.82, 2.24) is 19.1 Å². The van der Waals surface area contributed by atoms with E-state index in [0.717, 1.165) is 50.4 Å². The van der Waals surface area contributed by atoms with E-state index in [0.29, 0.717) is 0 Å². The molecule has 5 heterocycles. The van der Waals surface area contributed by atoms with E-state index in [-0.39, 0.29) is 0 Å². The Hall–Kier alpha value is -8.12. The summed E-state index contributed by atoms with van der Waals surface area (Å²) in [5, 5.41) is 6.06. The summed E-state index contributed by atoms with van der Waals surface area (Å²) in [6.07, 6.45) is 1.89. The maximum absolute atomic E-state index is 5.34. The lowest BCUT2D eigenvalue weighted by Crippen LogP contribution is -2.00. The molecule has 13 aromatic rings. The van der Waals surface area contributed by atoms with Crippen LogP contribution >= 0.6 is 11.3 Å². The van der Waals surface area contributed by atoms with Crippen molar-refractivity contribution in [3.63, 3.8) is 0 Å². The standard InChI is InChI=1S/C58H36N4S/c1-3-13-37(14-4-1)43-34-50(38-15-5-2-6-16-38)60-57(35-43)62-52-22-10-8-20-46(52)48-33-42(25-28-54(48)62)40-18-11-17-39(31-40)41-24-27-53-47(32-41)45-19-7-9-21-51(45)61(53)44-26-29-55-49(36-44)58-56(63-55)23-12-30-59-58/h1-36H. The molecule has 63 heavy (non-hydrogen) atoms. The Kier molecular flexibility index (Phi) is 8.05. The van der Waals surface area contributed by atoms with Gasteiger partial charge in [-0.1, -0.05) is 127 Å². The molecule has 5 heteroatoms. The molecule has 0 atom stereocenters. The van der Waals surface area contributed by atoms with Gasteiger partial charge in [0.15, 0.2) is 0 Å². The minimum absolute atomic E-state index is 0.894. The second kappa shape index (κ2) is 14.2. The Morgan fingerprint density at radius 1 is 0.333 bits per heavy atom. The Labute approximate surface area is 367 Å². The summed E-state index contributed by atoms with van der Waals surface area (Å²) in [4.78, 5) is 10.1. The molecule has 0 N–H and O–H groups in total. The highest BCUT2D eigenvalue weighted by atomic mass is 32.1. The molecule has 0 aliphatic carbocycles. The SMILES string of the molecule is c1ccc(-c2cc(-c3ccccc3)nc(-n3c4ccccc4c4cc(-c5cccc(-c6ccc7c(c6)c6ccccc6n7-c6ccc7sc8cccnc8c7c6)c5)ccc43)c2)cc1. The van der Waals surface area contributed by atoms with Gasteiger partial charge in [-0.3, -0.25) is 9.55 Å².